The molecule has 1 atom stereocenters. The molecule has 0 bridgehead atoms. The van der Waals surface area contributed by atoms with Crippen LogP contribution in [0.2, 0.25) is 0 Å². The molecule has 0 saturated carbocycles. The molecule has 0 aliphatic carbocycles. The fourth-order valence-electron chi connectivity index (χ4n) is 1.95. The van der Waals surface area contributed by atoms with Crippen LogP contribution in [0.5, 0.6) is 0 Å². The molecule has 2 aromatic rings. The summed E-state index contributed by atoms with van der Waals surface area (Å²) >= 11 is 3.53. The Labute approximate surface area is 121 Å². The first-order valence-electron chi connectivity index (χ1n) is 6.33. The second kappa shape index (κ2) is 5.84. The van der Waals surface area contributed by atoms with Gasteiger partial charge in [-0.15, -0.1) is 0 Å². The highest BCUT2D eigenvalue weighted by atomic mass is 79.9. The first-order chi connectivity index (χ1) is 9.02. The number of nitrogens with zero attached hydrogens (tertiary/aromatic N) is 2. The van der Waals surface area contributed by atoms with Crippen LogP contribution in [-0.4, -0.2) is 16.7 Å². The van der Waals surface area contributed by atoms with E-state index in [9.17, 15) is 0 Å². The van der Waals surface area contributed by atoms with E-state index in [1.165, 1.54) is 5.56 Å². The molecule has 0 amide bonds. The summed E-state index contributed by atoms with van der Waals surface area (Å²) in [4.78, 5) is 4.48. The number of rotatable bonds is 4. The molecule has 0 fully saturated rings. The van der Waals surface area contributed by atoms with E-state index in [0.717, 1.165) is 10.0 Å². The monoisotopic (exact) mass is 323 g/mol. The summed E-state index contributed by atoms with van der Waals surface area (Å²) in [6.45, 7) is 6.75. The molecule has 1 unspecified atom stereocenters. The maximum absolute atomic E-state index is 5.77. The summed E-state index contributed by atoms with van der Waals surface area (Å²) < 4.78 is 6.32. The maximum atomic E-state index is 5.77. The van der Waals surface area contributed by atoms with Crippen molar-refractivity contribution in [3.8, 4) is 11.4 Å². The SMILES string of the molecule is Cc1ccc(-c2noc(C(CN)C(C)C)n2)c(Br)c1. The van der Waals surface area contributed by atoms with Crippen LogP contribution in [0.1, 0.15) is 31.2 Å². The Kier molecular flexibility index (Phi) is 4.37. The average molecular weight is 324 g/mol. The lowest BCUT2D eigenvalue weighted by Gasteiger charge is -2.13. The minimum atomic E-state index is 0.102. The van der Waals surface area contributed by atoms with Gasteiger partial charge in [0.15, 0.2) is 0 Å². The van der Waals surface area contributed by atoms with Gasteiger partial charge in [0.1, 0.15) is 0 Å². The van der Waals surface area contributed by atoms with Crippen molar-refractivity contribution in [2.24, 2.45) is 11.7 Å². The largest absolute Gasteiger partial charge is 0.339 e. The highest BCUT2D eigenvalue weighted by molar-refractivity contribution is 9.10. The van der Waals surface area contributed by atoms with Crippen LogP contribution in [0.15, 0.2) is 27.2 Å². The van der Waals surface area contributed by atoms with Gasteiger partial charge in [-0.3, -0.25) is 0 Å². The summed E-state index contributed by atoms with van der Waals surface area (Å²) in [5.41, 5.74) is 7.88. The lowest BCUT2D eigenvalue weighted by molar-refractivity contribution is 0.324. The van der Waals surface area contributed by atoms with Gasteiger partial charge >= 0.3 is 0 Å². The average Bonchev–Trinajstić information content (AvgIpc) is 2.78. The Morgan fingerprint density at radius 2 is 2.11 bits per heavy atom. The zero-order valence-electron chi connectivity index (χ0n) is 11.4. The highest BCUT2D eigenvalue weighted by Crippen LogP contribution is 2.29. The molecular weight excluding hydrogens is 306 g/mol. The van der Waals surface area contributed by atoms with E-state index >= 15 is 0 Å². The number of aromatic nitrogens is 2. The minimum absolute atomic E-state index is 0.102. The summed E-state index contributed by atoms with van der Waals surface area (Å²) in [5, 5.41) is 4.06. The van der Waals surface area contributed by atoms with E-state index in [1.807, 2.05) is 25.1 Å². The van der Waals surface area contributed by atoms with Crippen molar-refractivity contribution in [1.82, 2.24) is 10.1 Å². The standard InChI is InChI=1S/C14H18BrN3O/c1-8(2)11(7-16)14-17-13(18-19-14)10-5-4-9(3)6-12(10)15/h4-6,8,11H,7,16H2,1-3H3. The van der Waals surface area contributed by atoms with Crippen molar-refractivity contribution in [2.75, 3.05) is 6.54 Å². The van der Waals surface area contributed by atoms with Gasteiger partial charge in [0.25, 0.3) is 0 Å². The lowest BCUT2D eigenvalue weighted by Crippen LogP contribution is -2.18. The molecule has 0 aliphatic heterocycles. The van der Waals surface area contributed by atoms with Gasteiger partial charge < -0.3 is 10.3 Å². The van der Waals surface area contributed by atoms with Gasteiger partial charge in [0, 0.05) is 16.6 Å². The summed E-state index contributed by atoms with van der Waals surface area (Å²) in [5.74, 6) is 1.69. The smallest absolute Gasteiger partial charge is 0.231 e. The first kappa shape index (κ1) is 14.2. The Bertz CT molecular complexity index is 566. The van der Waals surface area contributed by atoms with E-state index in [-0.39, 0.29) is 5.92 Å². The van der Waals surface area contributed by atoms with Crippen LogP contribution in [0, 0.1) is 12.8 Å². The summed E-state index contributed by atoms with van der Waals surface area (Å²) in [6.07, 6.45) is 0. The zero-order chi connectivity index (χ0) is 14.0. The summed E-state index contributed by atoms with van der Waals surface area (Å²) in [7, 11) is 0. The van der Waals surface area contributed by atoms with E-state index in [1.54, 1.807) is 0 Å². The van der Waals surface area contributed by atoms with Crippen molar-refractivity contribution in [2.45, 2.75) is 26.7 Å². The number of hydrogen-bond acceptors (Lipinski definition) is 4. The van der Waals surface area contributed by atoms with Crippen LogP contribution in [0.4, 0.5) is 0 Å². The van der Waals surface area contributed by atoms with Crippen molar-refractivity contribution < 1.29 is 4.52 Å². The maximum Gasteiger partial charge on any atom is 0.231 e. The van der Waals surface area contributed by atoms with Crippen molar-refractivity contribution in [3.63, 3.8) is 0 Å². The van der Waals surface area contributed by atoms with E-state index in [2.05, 4.69) is 39.9 Å². The molecule has 4 nitrogen and oxygen atoms in total. The van der Waals surface area contributed by atoms with Crippen molar-refractivity contribution >= 4 is 15.9 Å². The first-order valence-corrected chi connectivity index (χ1v) is 7.12. The van der Waals surface area contributed by atoms with Crippen LogP contribution in [-0.2, 0) is 0 Å². The van der Waals surface area contributed by atoms with Gasteiger partial charge in [-0.05, 0) is 30.5 Å². The molecule has 1 heterocycles. The third-order valence-electron chi connectivity index (χ3n) is 3.18. The highest BCUT2D eigenvalue weighted by Gasteiger charge is 2.22. The topological polar surface area (TPSA) is 64.9 Å². The second-order valence-electron chi connectivity index (χ2n) is 5.03. The van der Waals surface area contributed by atoms with Crippen molar-refractivity contribution in [3.05, 3.63) is 34.1 Å². The molecule has 0 spiro atoms. The van der Waals surface area contributed by atoms with Gasteiger partial charge in [-0.2, -0.15) is 4.98 Å². The third-order valence-corrected chi connectivity index (χ3v) is 3.84. The molecule has 0 saturated heterocycles. The van der Waals surface area contributed by atoms with E-state index < -0.39 is 0 Å². The summed E-state index contributed by atoms with van der Waals surface area (Å²) in [6, 6.07) is 6.05. The molecular formula is C14H18BrN3O. The van der Waals surface area contributed by atoms with Gasteiger partial charge in [0.05, 0.1) is 5.92 Å². The normalized spacial score (nSPS) is 12.9. The van der Waals surface area contributed by atoms with Gasteiger partial charge in [-0.1, -0.05) is 41.0 Å². The fourth-order valence-corrected chi connectivity index (χ4v) is 2.63. The molecule has 0 radical (unpaired) electrons. The van der Waals surface area contributed by atoms with Crippen molar-refractivity contribution in [1.29, 1.82) is 0 Å². The Balaban J connectivity index is 2.35. The molecule has 19 heavy (non-hydrogen) atoms. The van der Waals surface area contributed by atoms with E-state index in [4.69, 9.17) is 10.3 Å². The molecule has 1 aromatic carbocycles. The van der Waals surface area contributed by atoms with Crippen LogP contribution < -0.4 is 5.73 Å². The Morgan fingerprint density at radius 1 is 1.37 bits per heavy atom. The number of hydrogen-bond donors (Lipinski definition) is 1. The molecule has 0 aliphatic rings. The molecule has 2 rings (SSSR count). The fraction of sp³-hybridized carbons (Fsp3) is 0.429. The lowest BCUT2D eigenvalue weighted by atomic mass is 9.96. The van der Waals surface area contributed by atoms with Gasteiger partial charge in [0.2, 0.25) is 11.7 Å². The molecule has 5 heteroatoms. The van der Waals surface area contributed by atoms with Crippen LogP contribution in [0.25, 0.3) is 11.4 Å². The third kappa shape index (κ3) is 3.04. The Morgan fingerprint density at radius 3 is 2.68 bits per heavy atom. The number of benzene rings is 1. The van der Waals surface area contributed by atoms with Crippen LogP contribution in [0.3, 0.4) is 0 Å². The second-order valence-corrected chi connectivity index (χ2v) is 5.88. The van der Waals surface area contributed by atoms with Gasteiger partial charge in [-0.25, -0.2) is 0 Å². The molecule has 2 N–H and O–H groups in total. The Hall–Kier alpha value is -1.20. The minimum Gasteiger partial charge on any atom is -0.339 e. The quantitative estimate of drug-likeness (QED) is 0.935. The van der Waals surface area contributed by atoms with Crippen LogP contribution >= 0.6 is 15.9 Å². The zero-order valence-corrected chi connectivity index (χ0v) is 12.9. The predicted molar refractivity (Wildman–Crippen MR) is 78.8 cm³/mol. The number of aryl methyl sites for hydroxylation is 1. The predicted octanol–water partition coefficient (Wildman–Crippen LogP) is 3.51. The molecule has 102 valence electrons. The number of nitrogens with two attached hydrogens (primary N) is 1. The number of halogens is 1. The molecule has 1 aromatic heterocycles. The van der Waals surface area contributed by atoms with E-state index in [0.29, 0.717) is 24.2 Å².